The number of H-pyrrole nitrogens is 1. The Morgan fingerprint density at radius 1 is 1.14 bits per heavy atom. The summed E-state index contributed by atoms with van der Waals surface area (Å²) in [5.41, 5.74) is 7.05. The number of ether oxygens (including phenoxy) is 3. The van der Waals surface area contributed by atoms with Crippen molar-refractivity contribution < 1.29 is 14.2 Å². The van der Waals surface area contributed by atoms with E-state index in [1.165, 1.54) is 26.6 Å². The lowest BCUT2D eigenvalue weighted by Crippen LogP contribution is -2.18. The molecule has 0 aliphatic heterocycles. The number of nitrogens with two attached hydrogens (primary N) is 1. The van der Waals surface area contributed by atoms with Crippen molar-refractivity contribution in [3.8, 4) is 23.2 Å². The third kappa shape index (κ3) is 4.97. The summed E-state index contributed by atoms with van der Waals surface area (Å²) in [7, 11) is 3.06. The first-order valence-electron chi connectivity index (χ1n) is 11.0. The molecule has 4 aromatic rings. The number of aromatic amines is 1. The summed E-state index contributed by atoms with van der Waals surface area (Å²) in [6.45, 7) is 2.27. The molecule has 0 spiro atoms. The Bertz CT molecular complexity index is 1400. The predicted molar refractivity (Wildman–Crippen MR) is 133 cm³/mol. The van der Waals surface area contributed by atoms with E-state index >= 15 is 0 Å². The minimum absolute atomic E-state index is 0.0368. The molecule has 0 bridgehead atoms. The SMILES string of the molecule is CCOc1cc(C(Nc2ccc(C(=N)N)cc2)c2nn(-c3ncccn3)c(=O)[nH]2)cc(OC)c1OC. The van der Waals surface area contributed by atoms with Crippen LogP contribution in [0.5, 0.6) is 17.2 Å². The monoisotopic (exact) mass is 490 g/mol. The molecule has 0 fully saturated rings. The van der Waals surface area contributed by atoms with E-state index in [1.54, 1.807) is 42.5 Å². The minimum atomic E-state index is -0.648. The highest BCUT2D eigenvalue weighted by Crippen LogP contribution is 2.41. The fourth-order valence-corrected chi connectivity index (χ4v) is 3.61. The van der Waals surface area contributed by atoms with Crippen LogP contribution in [0.1, 0.15) is 29.9 Å². The van der Waals surface area contributed by atoms with Gasteiger partial charge in [0.25, 0.3) is 5.95 Å². The lowest BCUT2D eigenvalue weighted by Gasteiger charge is -2.21. The lowest BCUT2D eigenvalue weighted by atomic mass is 10.0. The molecule has 1 atom stereocenters. The van der Waals surface area contributed by atoms with E-state index in [4.69, 9.17) is 25.4 Å². The van der Waals surface area contributed by atoms with Gasteiger partial charge in [0.05, 0.1) is 20.8 Å². The van der Waals surface area contributed by atoms with E-state index in [9.17, 15) is 4.79 Å². The first-order chi connectivity index (χ1) is 17.4. The Kier molecular flexibility index (Phi) is 7.14. The molecule has 0 amide bonds. The van der Waals surface area contributed by atoms with Gasteiger partial charge in [0.2, 0.25) is 5.75 Å². The van der Waals surface area contributed by atoms with Crippen LogP contribution < -0.4 is 31.0 Å². The Balaban J connectivity index is 1.84. The van der Waals surface area contributed by atoms with Crippen LogP contribution >= 0.6 is 0 Å². The summed E-state index contributed by atoms with van der Waals surface area (Å²) in [6, 6.07) is 11.6. The fourth-order valence-electron chi connectivity index (χ4n) is 3.61. The summed E-state index contributed by atoms with van der Waals surface area (Å²) in [6.07, 6.45) is 3.05. The van der Waals surface area contributed by atoms with E-state index in [2.05, 4.69) is 25.4 Å². The maximum Gasteiger partial charge on any atom is 0.350 e. The maximum absolute atomic E-state index is 12.8. The van der Waals surface area contributed by atoms with E-state index in [1.807, 2.05) is 6.92 Å². The molecule has 186 valence electrons. The Morgan fingerprint density at radius 3 is 2.44 bits per heavy atom. The molecule has 2 heterocycles. The van der Waals surface area contributed by atoms with Gasteiger partial charge < -0.3 is 25.3 Å². The standard InChI is InChI=1S/C24H26N8O4/c1-4-36-18-13-15(12-17(34-2)20(18)35-3)19(29-16-8-6-14(7-9-16)21(25)26)22-30-24(33)32(31-22)23-27-10-5-11-28-23/h5-13,19,29H,4H2,1-3H3,(H3,25,26)(H,30,31,33). The zero-order valence-electron chi connectivity index (χ0n) is 20.0. The Hall–Kier alpha value is -4.87. The van der Waals surface area contributed by atoms with Gasteiger partial charge >= 0.3 is 5.69 Å². The number of nitrogens with one attached hydrogen (secondary N) is 3. The van der Waals surface area contributed by atoms with Crippen LogP contribution in [0.3, 0.4) is 0 Å². The van der Waals surface area contributed by atoms with Crippen molar-refractivity contribution in [1.29, 1.82) is 5.41 Å². The number of benzene rings is 2. The molecule has 4 rings (SSSR count). The van der Waals surface area contributed by atoms with E-state index in [-0.39, 0.29) is 11.8 Å². The second kappa shape index (κ2) is 10.6. The van der Waals surface area contributed by atoms with E-state index in [0.29, 0.717) is 46.5 Å². The highest BCUT2D eigenvalue weighted by atomic mass is 16.5. The summed E-state index contributed by atoms with van der Waals surface area (Å²) >= 11 is 0. The normalized spacial score (nSPS) is 11.5. The summed E-state index contributed by atoms with van der Waals surface area (Å²) in [5, 5.41) is 15.5. The van der Waals surface area contributed by atoms with Crippen LogP contribution in [0, 0.1) is 5.41 Å². The van der Waals surface area contributed by atoms with Crippen LogP contribution in [-0.2, 0) is 0 Å². The third-order valence-corrected chi connectivity index (χ3v) is 5.26. The van der Waals surface area contributed by atoms with Crippen LogP contribution in [0.25, 0.3) is 5.95 Å². The number of aromatic nitrogens is 5. The first-order valence-corrected chi connectivity index (χ1v) is 11.0. The third-order valence-electron chi connectivity index (χ3n) is 5.26. The highest BCUT2D eigenvalue weighted by Gasteiger charge is 2.25. The quantitative estimate of drug-likeness (QED) is 0.193. The fraction of sp³-hybridized carbons (Fsp3) is 0.208. The molecule has 12 nitrogen and oxygen atoms in total. The number of methoxy groups -OCH3 is 2. The van der Waals surface area contributed by atoms with E-state index < -0.39 is 11.7 Å². The molecule has 0 saturated carbocycles. The molecule has 2 aromatic heterocycles. The van der Waals surface area contributed by atoms with Gasteiger partial charge in [-0.25, -0.2) is 14.8 Å². The number of hydrogen-bond acceptors (Lipinski definition) is 9. The largest absolute Gasteiger partial charge is 0.493 e. The number of nitrogen functional groups attached to an aromatic ring is 1. The van der Waals surface area contributed by atoms with E-state index in [0.717, 1.165) is 4.68 Å². The van der Waals surface area contributed by atoms with Crippen LogP contribution in [-0.4, -0.2) is 51.4 Å². The molecule has 0 radical (unpaired) electrons. The van der Waals surface area contributed by atoms with Gasteiger partial charge in [-0.05, 0) is 55.0 Å². The number of hydrogen-bond donors (Lipinski definition) is 4. The molecular weight excluding hydrogens is 464 g/mol. The number of amidine groups is 1. The average molecular weight is 491 g/mol. The second-order valence-corrected chi connectivity index (χ2v) is 7.53. The predicted octanol–water partition coefficient (Wildman–Crippen LogP) is 2.25. The second-order valence-electron chi connectivity index (χ2n) is 7.53. The molecule has 0 saturated heterocycles. The van der Waals surface area contributed by atoms with Gasteiger partial charge in [0.1, 0.15) is 11.9 Å². The molecular formula is C24H26N8O4. The van der Waals surface area contributed by atoms with Crippen LogP contribution in [0.15, 0.2) is 59.7 Å². The number of nitrogens with zero attached hydrogens (tertiary/aromatic N) is 4. The van der Waals surface area contributed by atoms with Crippen molar-refractivity contribution in [3.63, 3.8) is 0 Å². The minimum Gasteiger partial charge on any atom is -0.493 e. The highest BCUT2D eigenvalue weighted by molar-refractivity contribution is 5.95. The molecule has 36 heavy (non-hydrogen) atoms. The zero-order chi connectivity index (χ0) is 25.7. The Labute approximate surface area is 206 Å². The molecule has 12 heteroatoms. The van der Waals surface area contributed by atoms with Gasteiger partial charge in [0.15, 0.2) is 17.3 Å². The number of anilines is 1. The molecule has 2 aromatic carbocycles. The van der Waals surface area contributed by atoms with Crippen molar-refractivity contribution in [2.24, 2.45) is 5.73 Å². The van der Waals surface area contributed by atoms with Gasteiger partial charge in [-0.15, -0.1) is 9.78 Å². The molecule has 0 aliphatic rings. The van der Waals surface area contributed by atoms with Gasteiger partial charge in [0, 0.05) is 23.6 Å². The van der Waals surface area contributed by atoms with Crippen molar-refractivity contribution in [1.82, 2.24) is 24.7 Å². The van der Waals surface area contributed by atoms with Crippen molar-refractivity contribution >= 4 is 11.5 Å². The van der Waals surface area contributed by atoms with Crippen molar-refractivity contribution in [2.75, 3.05) is 26.1 Å². The topological polar surface area (TPSA) is 166 Å². The first kappa shape index (κ1) is 24.3. The van der Waals surface area contributed by atoms with Crippen molar-refractivity contribution in [3.05, 3.63) is 82.3 Å². The lowest BCUT2D eigenvalue weighted by molar-refractivity contribution is 0.296. The van der Waals surface area contributed by atoms with Crippen LogP contribution in [0.2, 0.25) is 0 Å². The molecule has 5 N–H and O–H groups in total. The van der Waals surface area contributed by atoms with Gasteiger partial charge in [-0.2, -0.15) is 0 Å². The van der Waals surface area contributed by atoms with Gasteiger partial charge in [-0.1, -0.05) is 0 Å². The zero-order valence-corrected chi connectivity index (χ0v) is 20.0. The Morgan fingerprint density at radius 2 is 1.83 bits per heavy atom. The molecule has 1 unspecified atom stereocenters. The van der Waals surface area contributed by atoms with Crippen LogP contribution in [0.4, 0.5) is 5.69 Å². The molecule has 0 aliphatic carbocycles. The maximum atomic E-state index is 12.8. The summed E-state index contributed by atoms with van der Waals surface area (Å²) in [4.78, 5) is 23.8. The van der Waals surface area contributed by atoms with Crippen molar-refractivity contribution in [2.45, 2.75) is 13.0 Å². The average Bonchev–Trinajstić information content (AvgIpc) is 3.28. The summed E-state index contributed by atoms with van der Waals surface area (Å²) in [5.74, 6) is 1.77. The smallest absolute Gasteiger partial charge is 0.350 e. The van der Waals surface area contributed by atoms with Gasteiger partial charge in [-0.3, -0.25) is 10.4 Å². The summed E-state index contributed by atoms with van der Waals surface area (Å²) < 4.78 is 17.9. The number of rotatable bonds is 10.